The van der Waals surface area contributed by atoms with E-state index in [1.165, 1.54) is 4.68 Å². The molecule has 0 aromatic carbocycles. The van der Waals surface area contributed by atoms with Gasteiger partial charge in [0, 0.05) is 25.7 Å². The molecule has 2 aromatic rings. The first-order valence-corrected chi connectivity index (χ1v) is 12.2. The first-order chi connectivity index (χ1) is 16.7. The Morgan fingerprint density at radius 1 is 1.23 bits per heavy atom. The summed E-state index contributed by atoms with van der Waals surface area (Å²) >= 11 is 0. The molecule has 0 saturated heterocycles. The van der Waals surface area contributed by atoms with Crippen molar-refractivity contribution in [1.82, 2.24) is 19.7 Å². The minimum absolute atomic E-state index is 0.00571. The van der Waals surface area contributed by atoms with E-state index >= 15 is 0 Å². The van der Waals surface area contributed by atoms with Gasteiger partial charge >= 0.3 is 6.18 Å². The predicted octanol–water partition coefficient (Wildman–Crippen LogP) is 3.41. The second-order valence-electron chi connectivity index (χ2n) is 10.1. The summed E-state index contributed by atoms with van der Waals surface area (Å²) in [5, 5.41) is 7.13. The van der Waals surface area contributed by atoms with Gasteiger partial charge in [0.05, 0.1) is 18.3 Å². The number of ether oxygens (including phenoxy) is 1. The van der Waals surface area contributed by atoms with Crippen molar-refractivity contribution >= 4 is 23.4 Å². The number of aromatic nitrogens is 4. The Morgan fingerprint density at radius 2 is 2.00 bits per heavy atom. The van der Waals surface area contributed by atoms with Crippen molar-refractivity contribution in [2.24, 2.45) is 5.92 Å². The Hall–Kier alpha value is -3.05. The predicted molar refractivity (Wildman–Crippen MR) is 122 cm³/mol. The smallest absolute Gasteiger partial charge is 0.435 e. The molecule has 6 rings (SSSR count). The number of halogens is 3. The van der Waals surface area contributed by atoms with Crippen LogP contribution in [0.5, 0.6) is 5.88 Å². The van der Waals surface area contributed by atoms with Crippen molar-refractivity contribution in [3.8, 4) is 5.88 Å². The Balaban J connectivity index is 1.09. The van der Waals surface area contributed by atoms with Crippen LogP contribution in [0.4, 0.5) is 30.6 Å². The Kier molecular flexibility index (Phi) is 5.12. The summed E-state index contributed by atoms with van der Waals surface area (Å²) in [6.07, 6.45) is 0.490. The molecule has 2 aliphatic heterocycles. The van der Waals surface area contributed by atoms with Gasteiger partial charge in [-0.3, -0.25) is 4.79 Å². The largest absolute Gasteiger partial charge is 0.478 e. The zero-order chi connectivity index (χ0) is 24.5. The number of alkyl halides is 3. The lowest BCUT2D eigenvalue weighted by Crippen LogP contribution is -2.53. The normalized spacial score (nSPS) is 25.9. The van der Waals surface area contributed by atoms with Gasteiger partial charge in [-0.05, 0) is 51.4 Å². The number of nitrogens with zero attached hydrogens (tertiary/aromatic N) is 6. The van der Waals surface area contributed by atoms with E-state index in [-0.39, 0.29) is 35.8 Å². The highest BCUT2D eigenvalue weighted by molar-refractivity contribution is 6.05. The molecule has 1 atom stereocenters. The summed E-state index contributed by atoms with van der Waals surface area (Å²) < 4.78 is 46.4. The molecule has 4 heterocycles. The molecule has 9 nitrogen and oxygen atoms in total. The lowest BCUT2D eigenvalue weighted by atomic mass is 9.81. The van der Waals surface area contributed by atoms with Gasteiger partial charge in [0.1, 0.15) is 11.7 Å². The van der Waals surface area contributed by atoms with Crippen molar-refractivity contribution in [2.75, 3.05) is 35.3 Å². The highest BCUT2D eigenvalue weighted by Crippen LogP contribution is 2.42. The highest BCUT2D eigenvalue weighted by Gasteiger charge is 2.40. The van der Waals surface area contributed by atoms with Crippen molar-refractivity contribution < 1.29 is 22.7 Å². The van der Waals surface area contributed by atoms with Gasteiger partial charge in [-0.1, -0.05) is 0 Å². The number of carbonyl (C=O) groups is 1. The summed E-state index contributed by atoms with van der Waals surface area (Å²) in [5.74, 6) is 1.84. The maximum Gasteiger partial charge on any atom is 0.435 e. The van der Waals surface area contributed by atoms with E-state index < -0.39 is 11.9 Å². The van der Waals surface area contributed by atoms with E-state index in [9.17, 15) is 18.0 Å². The van der Waals surface area contributed by atoms with Gasteiger partial charge in [-0.15, -0.1) is 0 Å². The summed E-state index contributed by atoms with van der Waals surface area (Å²) in [5.41, 5.74) is 0.822. The van der Waals surface area contributed by atoms with Gasteiger partial charge in [0.25, 0.3) is 0 Å². The molecule has 4 aliphatic rings. The zero-order valence-corrected chi connectivity index (χ0v) is 19.7. The summed E-state index contributed by atoms with van der Waals surface area (Å²) in [6.45, 7) is 2.93. The topological polar surface area (TPSA) is 88.4 Å². The van der Waals surface area contributed by atoms with Crippen LogP contribution < -0.4 is 19.9 Å². The average Bonchev–Trinajstić information content (AvgIpc) is 3.55. The second-order valence-corrected chi connectivity index (χ2v) is 10.1. The van der Waals surface area contributed by atoms with Crippen LogP contribution in [0.1, 0.15) is 56.5 Å². The van der Waals surface area contributed by atoms with Crippen LogP contribution in [0, 0.1) is 5.92 Å². The van der Waals surface area contributed by atoms with Gasteiger partial charge < -0.3 is 19.9 Å². The lowest BCUT2D eigenvalue weighted by molar-refractivity contribution is -0.141. The van der Waals surface area contributed by atoms with E-state index in [1.54, 1.807) is 0 Å². The number of rotatable bonds is 6. The van der Waals surface area contributed by atoms with Gasteiger partial charge in [0.15, 0.2) is 11.5 Å². The fourth-order valence-electron chi connectivity index (χ4n) is 5.14. The van der Waals surface area contributed by atoms with Crippen LogP contribution in [0.3, 0.4) is 0 Å². The third-order valence-corrected chi connectivity index (χ3v) is 7.46. The maximum atomic E-state index is 13.1. The molecule has 0 radical (unpaired) electrons. The molecule has 2 aliphatic carbocycles. The first kappa shape index (κ1) is 22.4. The second kappa shape index (κ2) is 7.99. The van der Waals surface area contributed by atoms with Crippen molar-refractivity contribution in [2.45, 2.75) is 69.8 Å². The fraction of sp³-hybridized carbons (Fsp3) is 0.652. The molecule has 1 amide bonds. The molecule has 1 N–H and O–H groups in total. The number of anilines is 3. The van der Waals surface area contributed by atoms with E-state index in [1.807, 2.05) is 23.8 Å². The van der Waals surface area contributed by atoms with Crippen LogP contribution in [0.2, 0.25) is 0 Å². The lowest BCUT2D eigenvalue weighted by Gasteiger charge is -2.42. The average molecular weight is 492 g/mol. The molecule has 0 unspecified atom stereocenters. The minimum atomic E-state index is -4.48. The fourth-order valence-corrected chi connectivity index (χ4v) is 5.14. The van der Waals surface area contributed by atoms with E-state index in [4.69, 9.17) is 14.7 Å². The van der Waals surface area contributed by atoms with Crippen LogP contribution >= 0.6 is 0 Å². The molecule has 2 saturated carbocycles. The molecule has 2 aromatic heterocycles. The Labute approximate surface area is 200 Å². The minimum Gasteiger partial charge on any atom is -0.478 e. The van der Waals surface area contributed by atoms with Crippen LogP contribution in [-0.4, -0.2) is 57.9 Å². The zero-order valence-electron chi connectivity index (χ0n) is 19.7. The summed E-state index contributed by atoms with van der Waals surface area (Å²) in [6, 6.07) is 0.903. The van der Waals surface area contributed by atoms with Gasteiger partial charge in [-0.25, -0.2) is 9.67 Å². The third kappa shape index (κ3) is 3.96. The molecule has 0 spiro atoms. The number of aryl methyl sites for hydroxylation is 1. The Morgan fingerprint density at radius 3 is 2.71 bits per heavy atom. The van der Waals surface area contributed by atoms with E-state index in [2.05, 4.69) is 10.4 Å². The van der Waals surface area contributed by atoms with Crippen molar-refractivity contribution in [1.29, 1.82) is 0 Å². The maximum absolute atomic E-state index is 13.1. The van der Waals surface area contributed by atoms with Gasteiger partial charge in [0.2, 0.25) is 17.7 Å². The third-order valence-electron chi connectivity index (χ3n) is 7.46. The van der Waals surface area contributed by atoms with Crippen LogP contribution in [-0.2, 0) is 17.4 Å². The number of carbonyl (C=O) groups excluding carboxylic acids is 1. The van der Waals surface area contributed by atoms with Gasteiger partial charge in [-0.2, -0.15) is 23.3 Å². The molecule has 2 fully saturated rings. The number of amides is 1. The van der Waals surface area contributed by atoms with Crippen LogP contribution in [0.15, 0.2) is 6.07 Å². The Bertz CT molecular complexity index is 1160. The summed E-state index contributed by atoms with van der Waals surface area (Å²) in [4.78, 5) is 25.9. The number of hydrogen-bond acceptors (Lipinski definition) is 7. The van der Waals surface area contributed by atoms with Crippen LogP contribution in [0.25, 0.3) is 0 Å². The molecular weight excluding hydrogens is 463 g/mol. The number of hydrogen-bond donors (Lipinski definition) is 1. The molecule has 35 heavy (non-hydrogen) atoms. The van der Waals surface area contributed by atoms with E-state index in [0.29, 0.717) is 19.1 Å². The molecule has 12 heteroatoms. The number of likely N-dealkylation sites (N-methyl/N-ethyl adjacent to an activating group) is 1. The molecule has 188 valence electrons. The van der Waals surface area contributed by atoms with E-state index in [0.717, 1.165) is 61.8 Å². The molecular formula is C23H28F3N7O2. The summed E-state index contributed by atoms with van der Waals surface area (Å²) in [7, 11) is 1.88. The highest BCUT2D eigenvalue weighted by atomic mass is 19.4. The first-order valence-electron chi connectivity index (χ1n) is 12.2. The monoisotopic (exact) mass is 491 g/mol. The number of nitrogens with one attached hydrogen (secondary N) is 1. The molecule has 0 bridgehead atoms. The van der Waals surface area contributed by atoms with Crippen molar-refractivity contribution in [3.63, 3.8) is 0 Å². The SMILES string of the molecule is C[C@H]1C(=O)N2CCCc3nc(NC4CC(COc5cc(C(F)(F)F)nn5C5CC5)C4)nc(c32)N1C. The standard InChI is InChI=1S/C23H28F3N7O2/c1-12-21(34)32-7-3-4-16-19(32)20(31(12)2)29-22(28-16)27-14-8-13(9-14)11-35-18-10-17(23(24,25)26)30-33(18)15-5-6-15/h10,12-15H,3-9,11H2,1-2H3,(H,27,28,29)/t12-,13?,14?/m0/s1. The van der Waals surface area contributed by atoms with Crippen molar-refractivity contribution in [3.05, 3.63) is 17.5 Å². The quantitative estimate of drug-likeness (QED) is 0.663.